The van der Waals surface area contributed by atoms with Gasteiger partial charge in [0.2, 0.25) is 0 Å². The molecule has 0 unspecified atom stereocenters. The maximum absolute atomic E-state index is 5.89. The summed E-state index contributed by atoms with van der Waals surface area (Å²) in [6, 6.07) is 0.604. The fourth-order valence-corrected chi connectivity index (χ4v) is 1.90. The highest BCUT2D eigenvalue weighted by Crippen LogP contribution is 2.25. The van der Waals surface area contributed by atoms with Crippen molar-refractivity contribution in [1.29, 1.82) is 0 Å². The van der Waals surface area contributed by atoms with E-state index in [0.29, 0.717) is 11.2 Å². The second-order valence-corrected chi connectivity index (χ2v) is 5.69. The smallest absolute Gasteiger partial charge is 0.148 e. The zero-order valence-electron chi connectivity index (χ0n) is 11.1. The molecule has 0 saturated carbocycles. The second kappa shape index (κ2) is 7.92. The Morgan fingerprint density at radius 3 is 2.78 bits per heavy atom. The van der Waals surface area contributed by atoms with Gasteiger partial charge >= 0.3 is 0 Å². The molecular weight excluding hydrogens is 316 g/mol. The first-order valence-electron chi connectivity index (χ1n) is 6.12. The van der Waals surface area contributed by atoms with Crippen LogP contribution in [-0.2, 0) is 0 Å². The van der Waals surface area contributed by atoms with Crippen molar-refractivity contribution in [3.63, 3.8) is 0 Å². The van der Waals surface area contributed by atoms with E-state index in [9.17, 15) is 0 Å². The molecule has 0 atom stereocenters. The van der Waals surface area contributed by atoms with E-state index in [-0.39, 0.29) is 0 Å². The number of nitrogens with one attached hydrogen (secondary N) is 1. The van der Waals surface area contributed by atoms with E-state index in [0.717, 1.165) is 36.2 Å². The summed E-state index contributed by atoms with van der Waals surface area (Å²) in [4.78, 5) is 10.4. The van der Waals surface area contributed by atoms with Gasteiger partial charge < -0.3 is 10.2 Å². The van der Waals surface area contributed by atoms with Gasteiger partial charge in [-0.1, -0.05) is 11.6 Å². The minimum absolute atomic E-state index is 0.437. The molecule has 4 nitrogen and oxygen atoms in total. The third-order valence-electron chi connectivity index (χ3n) is 2.86. The van der Waals surface area contributed by atoms with Crippen LogP contribution in [0.4, 0.5) is 5.82 Å². The molecule has 1 heterocycles. The van der Waals surface area contributed by atoms with Crippen molar-refractivity contribution in [3.05, 3.63) is 16.0 Å². The molecule has 0 bridgehead atoms. The Morgan fingerprint density at radius 2 is 2.11 bits per heavy atom. The van der Waals surface area contributed by atoms with Gasteiger partial charge in [0, 0.05) is 12.6 Å². The summed E-state index contributed by atoms with van der Waals surface area (Å²) in [6.45, 7) is 6.42. The molecule has 0 aliphatic carbocycles. The SMILES string of the molecule is CC(C)N(C)CCCCNc1ncnc(Cl)c1Br. The molecule has 1 aromatic rings. The minimum Gasteiger partial charge on any atom is -0.369 e. The van der Waals surface area contributed by atoms with Gasteiger partial charge in [-0.05, 0) is 56.2 Å². The molecule has 6 heteroatoms. The normalized spacial score (nSPS) is 11.3. The van der Waals surface area contributed by atoms with Crippen LogP contribution in [0.2, 0.25) is 5.15 Å². The van der Waals surface area contributed by atoms with Gasteiger partial charge in [0.25, 0.3) is 0 Å². The molecule has 0 amide bonds. The van der Waals surface area contributed by atoms with Crippen molar-refractivity contribution in [2.75, 3.05) is 25.5 Å². The number of hydrogen-bond acceptors (Lipinski definition) is 4. The molecule has 0 aliphatic heterocycles. The summed E-state index contributed by atoms with van der Waals surface area (Å²) >= 11 is 9.25. The summed E-state index contributed by atoms with van der Waals surface area (Å²) in [7, 11) is 2.15. The van der Waals surface area contributed by atoms with Crippen LogP contribution < -0.4 is 5.32 Å². The van der Waals surface area contributed by atoms with E-state index in [2.05, 4.69) is 57.0 Å². The van der Waals surface area contributed by atoms with E-state index in [4.69, 9.17) is 11.6 Å². The highest BCUT2D eigenvalue weighted by Gasteiger charge is 2.06. The van der Waals surface area contributed by atoms with Gasteiger partial charge in [0.15, 0.2) is 0 Å². The topological polar surface area (TPSA) is 41.0 Å². The van der Waals surface area contributed by atoms with Crippen molar-refractivity contribution in [2.45, 2.75) is 32.7 Å². The van der Waals surface area contributed by atoms with Crippen LogP contribution in [0.15, 0.2) is 10.8 Å². The van der Waals surface area contributed by atoms with Gasteiger partial charge in [-0.15, -0.1) is 0 Å². The Morgan fingerprint density at radius 1 is 1.39 bits per heavy atom. The van der Waals surface area contributed by atoms with Gasteiger partial charge in [0.05, 0.1) is 4.47 Å². The third kappa shape index (κ3) is 5.08. The molecule has 0 aliphatic rings. The summed E-state index contributed by atoms with van der Waals surface area (Å²) in [6.07, 6.45) is 3.73. The summed E-state index contributed by atoms with van der Waals surface area (Å²) in [5, 5.41) is 3.69. The number of hydrogen-bond donors (Lipinski definition) is 1. The predicted molar refractivity (Wildman–Crippen MR) is 80.2 cm³/mol. The van der Waals surface area contributed by atoms with Crippen LogP contribution in [0, 0.1) is 0 Å². The van der Waals surface area contributed by atoms with Gasteiger partial charge in [-0.3, -0.25) is 0 Å². The molecule has 0 radical (unpaired) electrons. The van der Waals surface area contributed by atoms with E-state index in [1.54, 1.807) is 0 Å². The maximum Gasteiger partial charge on any atom is 0.148 e. The number of rotatable bonds is 7. The third-order valence-corrected chi connectivity index (χ3v) is 4.12. The number of anilines is 1. The van der Waals surface area contributed by atoms with Crippen molar-refractivity contribution in [2.24, 2.45) is 0 Å². The van der Waals surface area contributed by atoms with Crippen LogP contribution >= 0.6 is 27.5 Å². The first kappa shape index (κ1) is 15.7. The molecule has 1 aromatic heterocycles. The molecule has 18 heavy (non-hydrogen) atoms. The fraction of sp³-hybridized carbons (Fsp3) is 0.667. The molecule has 0 aromatic carbocycles. The average Bonchev–Trinajstić information content (AvgIpc) is 2.33. The zero-order valence-corrected chi connectivity index (χ0v) is 13.4. The number of aromatic nitrogens is 2. The fourth-order valence-electron chi connectivity index (χ4n) is 1.42. The van der Waals surface area contributed by atoms with Gasteiger partial charge in [-0.25, -0.2) is 9.97 Å². The van der Waals surface area contributed by atoms with E-state index in [1.165, 1.54) is 6.33 Å². The first-order valence-corrected chi connectivity index (χ1v) is 7.29. The lowest BCUT2D eigenvalue weighted by Crippen LogP contribution is -2.27. The van der Waals surface area contributed by atoms with Gasteiger partial charge in [0.1, 0.15) is 17.3 Å². The average molecular weight is 336 g/mol. The lowest BCUT2D eigenvalue weighted by molar-refractivity contribution is 0.269. The minimum atomic E-state index is 0.437. The number of unbranched alkanes of at least 4 members (excludes halogenated alkanes) is 1. The number of nitrogens with zero attached hydrogens (tertiary/aromatic N) is 3. The highest BCUT2D eigenvalue weighted by atomic mass is 79.9. The molecule has 1 rings (SSSR count). The molecule has 0 saturated heterocycles. The van der Waals surface area contributed by atoms with Crippen LogP contribution in [-0.4, -0.2) is 41.0 Å². The first-order chi connectivity index (χ1) is 8.52. The Bertz CT molecular complexity index is 373. The van der Waals surface area contributed by atoms with Crippen LogP contribution in [0.5, 0.6) is 0 Å². The largest absolute Gasteiger partial charge is 0.369 e. The monoisotopic (exact) mass is 334 g/mol. The Balaban J connectivity index is 2.24. The van der Waals surface area contributed by atoms with Crippen molar-refractivity contribution >= 4 is 33.3 Å². The van der Waals surface area contributed by atoms with Crippen LogP contribution in [0.1, 0.15) is 26.7 Å². The molecule has 0 spiro atoms. The van der Waals surface area contributed by atoms with E-state index < -0.39 is 0 Å². The zero-order chi connectivity index (χ0) is 13.5. The molecule has 102 valence electrons. The second-order valence-electron chi connectivity index (χ2n) is 4.54. The Hall–Kier alpha value is -0.390. The standard InChI is InChI=1S/C12H20BrClN4/c1-9(2)18(3)7-5-4-6-15-12-10(13)11(14)16-8-17-12/h8-9H,4-7H2,1-3H3,(H,15,16,17). The van der Waals surface area contributed by atoms with Crippen molar-refractivity contribution in [3.8, 4) is 0 Å². The number of halogens is 2. The summed E-state index contributed by atoms with van der Waals surface area (Å²) in [5.74, 6) is 0.757. The maximum atomic E-state index is 5.89. The Labute approximate surface area is 122 Å². The summed E-state index contributed by atoms with van der Waals surface area (Å²) in [5.41, 5.74) is 0. The van der Waals surface area contributed by atoms with E-state index in [1.807, 2.05) is 0 Å². The van der Waals surface area contributed by atoms with Crippen LogP contribution in [0.3, 0.4) is 0 Å². The molecule has 1 N–H and O–H groups in total. The predicted octanol–water partition coefficient (Wildman–Crippen LogP) is 3.42. The Kier molecular flexibility index (Phi) is 6.89. The summed E-state index contributed by atoms with van der Waals surface area (Å²) < 4.78 is 0.728. The van der Waals surface area contributed by atoms with Gasteiger partial charge in [-0.2, -0.15) is 0 Å². The lowest BCUT2D eigenvalue weighted by atomic mass is 10.2. The molecular formula is C12H20BrClN4. The lowest BCUT2D eigenvalue weighted by Gasteiger charge is -2.20. The van der Waals surface area contributed by atoms with Crippen LogP contribution in [0.25, 0.3) is 0 Å². The molecule has 0 fully saturated rings. The van der Waals surface area contributed by atoms with E-state index >= 15 is 0 Å². The highest BCUT2D eigenvalue weighted by molar-refractivity contribution is 9.10. The van der Waals surface area contributed by atoms with Crippen molar-refractivity contribution < 1.29 is 0 Å². The quantitative estimate of drug-likeness (QED) is 0.612. The van der Waals surface area contributed by atoms with Crippen molar-refractivity contribution in [1.82, 2.24) is 14.9 Å².